The van der Waals surface area contributed by atoms with Crippen molar-refractivity contribution in [3.05, 3.63) is 106 Å². The molecule has 32 heavy (non-hydrogen) atoms. The highest BCUT2D eigenvalue weighted by molar-refractivity contribution is 6.05. The first-order valence-corrected chi connectivity index (χ1v) is 9.44. The van der Waals surface area contributed by atoms with Crippen molar-refractivity contribution in [3.63, 3.8) is 0 Å². The maximum Gasteiger partial charge on any atom is 0.416 e. The van der Waals surface area contributed by atoms with Crippen molar-refractivity contribution < 1.29 is 22.4 Å². The predicted molar refractivity (Wildman–Crippen MR) is 111 cm³/mol. The number of halogens is 4. The number of benzene rings is 2. The number of nitrogens with zero attached hydrogens (tertiary/aromatic N) is 2. The lowest BCUT2D eigenvalue weighted by Gasteiger charge is -2.13. The largest absolute Gasteiger partial charge is 0.416 e. The molecule has 0 saturated carbocycles. The summed E-state index contributed by atoms with van der Waals surface area (Å²) in [5.74, 6) is -1.29. The first kappa shape index (κ1) is 21.2. The first-order chi connectivity index (χ1) is 15.2. The zero-order valence-electron chi connectivity index (χ0n) is 16.4. The molecule has 0 saturated heterocycles. The quantitative estimate of drug-likeness (QED) is 0.461. The standard InChI is InChI=1S/C23H15F4N3O2/c24-17-8-6-14(7-9-17)13-30-20-15(3-2-10-28-20)11-19(22(30)32)21(31)29-18-5-1-4-16(12-18)23(25,26)27/h1-12H,13H2,(H,29,31). The van der Waals surface area contributed by atoms with Crippen LogP contribution in [0.15, 0.2) is 77.7 Å². The van der Waals surface area contributed by atoms with Gasteiger partial charge in [0.2, 0.25) is 0 Å². The number of fused-ring (bicyclic) bond motifs is 1. The highest BCUT2D eigenvalue weighted by atomic mass is 19.4. The lowest BCUT2D eigenvalue weighted by molar-refractivity contribution is -0.137. The second-order valence-electron chi connectivity index (χ2n) is 7.02. The molecule has 5 nitrogen and oxygen atoms in total. The Labute approximate surface area is 179 Å². The van der Waals surface area contributed by atoms with Crippen LogP contribution in [-0.2, 0) is 12.7 Å². The number of carbonyl (C=O) groups excluding carboxylic acids is 1. The molecule has 162 valence electrons. The summed E-state index contributed by atoms with van der Waals surface area (Å²) in [5, 5.41) is 2.84. The molecule has 9 heteroatoms. The van der Waals surface area contributed by atoms with Gasteiger partial charge in [-0.2, -0.15) is 13.2 Å². The van der Waals surface area contributed by atoms with Crippen LogP contribution in [0.3, 0.4) is 0 Å². The monoisotopic (exact) mass is 441 g/mol. The van der Waals surface area contributed by atoms with Gasteiger partial charge in [0, 0.05) is 17.3 Å². The Bertz CT molecular complexity index is 1360. The third-order valence-corrected chi connectivity index (χ3v) is 4.79. The SMILES string of the molecule is O=C(Nc1cccc(C(F)(F)F)c1)c1cc2cccnc2n(Cc2ccc(F)cc2)c1=O. The highest BCUT2D eigenvalue weighted by Gasteiger charge is 2.30. The van der Waals surface area contributed by atoms with Gasteiger partial charge < -0.3 is 5.32 Å². The summed E-state index contributed by atoms with van der Waals surface area (Å²) in [6, 6.07) is 14.3. The van der Waals surface area contributed by atoms with Gasteiger partial charge in [0.25, 0.3) is 11.5 Å². The van der Waals surface area contributed by atoms with E-state index in [0.717, 1.165) is 18.2 Å². The molecule has 0 aliphatic rings. The maximum atomic E-state index is 13.2. The summed E-state index contributed by atoms with van der Waals surface area (Å²) < 4.78 is 53.4. The van der Waals surface area contributed by atoms with Gasteiger partial charge >= 0.3 is 6.18 Å². The van der Waals surface area contributed by atoms with Crippen LogP contribution in [0.5, 0.6) is 0 Å². The van der Waals surface area contributed by atoms with E-state index >= 15 is 0 Å². The second kappa shape index (κ2) is 8.26. The third-order valence-electron chi connectivity index (χ3n) is 4.79. The Morgan fingerprint density at radius 1 is 1.00 bits per heavy atom. The molecule has 0 fully saturated rings. The van der Waals surface area contributed by atoms with Crippen molar-refractivity contribution in [1.29, 1.82) is 0 Å². The van der Waals surface area contributed by atoms with Gasteiger partial charge in [-0.05, 0) is 54.1 Å². The van der Waals surface area contributed by atoms with Gasteiger partial charge in [0.1, 0.15) is 17.0 Å². The Morgan fingerprint density at radius 3 is 2.47 bits per heavy atom. The number of pyridine rings is 2. The van der Waals surface area contributed by atoms with E-state index in [1.807, 2.05) is 0 Å². The molecule has 4 rings (SSSR count). The van der Waals surface area contributed by atoms with Crippen molar-refractivity contribution in [2.24, 2.45) is 0 Å². The van der Waals surface area contributed by atoms with Crippen molar-refractivity contribution >= 4 is 22.6 Å². The summed E-state index contributed by atoms with van der Waals surface area (Å²) in [6.07, 6.45) is -3.08. The number of carbonyl (C=O) groups is 1. The number of rotatable bonds is 4. The van der Waals surface area contributed by atoms with Crippen LogP contribution in [0.2, 0.25) is 0 Å². The number of hydrogen-bond donors (Lipinski definition) is 1. The van der Waals surface area contributed by atoms with Crippen molar-refractivity contribution in [3.8, 4) is 0 Å². The normalized spacial score (nSPS) is 11.5. The van der Waals surface area contributed by atoms with Gasteiger partial charge in [0.05, 0.1) is 12.1 Å². The number of anilines is 1. The van der Waals surface area contributed by atoms with E-state index in [1.165, 1.54) is 47.2 Å². The number of amides is 1. The third kappa shape index (κ3) is 4.36. The average molecular weight is 441 g/mol. The molecule has 2 heterocycles. The number of nitrogens with one attached hydrogen (secondary N) is 1. The summed E-state index contributed by atoms with van der Waals surface area (Å²) in [6.45, 7) is 0.0251. The van der Waals surface area contributed by atoms with Gasteiger partial charge in [0.15, 0.2) is 0 Å². The van der Waals surface area contributed by atoms with Crippen LogP contribution < -0.4 is 10.9 Å². The number of alkyl halides is 3. The maximum absolute atomic E-state index is 13.2. The van der Waals surface area contributed by atoms with Crippen LogP contribution in [-0.4, -0.2) is 15.5 Å². The second-order valence-corrected chi connectivity index (χ2v) is 7.02. The fraction of sp³-hybridized carbons (Fsp3) is 0.0870. The zero-order chi connectivity index (χ0) is 22.9. The minimum Gasteiger partial charge on any atom is -0.322 e. The molecule has 2 aromatic heterocycles. The van der Waals surface area contributed by atoms with Gasteiger partial charge in [-0.15, -0.1) is 0 Å². The lowest BCUT2D eigenvalue weighted by Crippen LogP contribution is -2.30. The summed E-state index contributed by atoms with van der Waals surface area (Å²) in [5.41, 5.74) is -1.03. The van der Waals surface area contributed by atoms with E-state index in [-0.39, 0.29) is 17.8 Å². The predicted octanol–water partition coefficient (Wildman–Crippen LogP) is 4.86. The van der Waals surface area contributed by atoms with Crippen LogP contribution in [0.25, 0.3) is 11.0 Å². The fourth-order valence-corrected chi connectivity index (χ4v) is 3.26. The molecule has 4 aromatic rings. The smallest absolute Gasteiger partial charge is 0.322 e. The van der Waals surface area contributed by atoms with E-state index in [4.69, 9.17) is 0 Å². The van der Waals surface area contributed by atoms with Crippen LogP contribution in [0.4, 0.5) is 23.2 Å². The minimum atomic E-state index is -4.57. The van der Waals surface area contributed by atoms with Crippen molar-refractivity contribution in [1.82, 2.24) is 9.55 Å². The van der Waals surface area contributed by atoms with Gasteiger partial charge in [-0.25, -0.2) is 9.37 Å². The number of hydrogen-bond acceptors (Lipinski definition) is 3. The molecule has 0 aliphatic carbocycles. The van der Waals surface area contributed by atoms with Crippen LogP contribution in [0, 0.1) is 5.82 Å². The molecule has 0 radical (unpaired) electrons. The molecule has 0 aliphatic heterocycles. The minimum absolute atomic E-state index is 0.0251. The fourth-order valence-electron chi connectivity index (χ4n) is 3.26. The lowest BCUT2D eigenvalue weighted by atomic mass is 10.1. The van der Waals surface area contributed by atoms with E-state index in [0.29, 0.717) is 16.6 Å². The summed E-state index contributed by atoms with van der Waals surface area (Å²) in [4.78, 5) is 30.1. The molecule has 2 aromatic carbocycles. The number of aromatic nitrogens is 2. The van der Waals surface area contributed by atoms with E-state index in [9.17, 15) is 27.2 Å². The van der Waals surface area contributed by atoms with Crippen molar-refractivity contribution in [2.75, 3.05) is 5.32 Å². The topological polar surface area (TPSA) is 64.0 Å². The Balaban J connectivity index is 1.74. The molecule has 0 spiro atoms. The summed E-state index contributed by atoms with van der Waals surface area (Å²) in [7, 11) is 0. The molecule has 1 amide bonds. The molecular formula is C23H15F4N3O2. The van der Waals surface area contributed by atoms with E-state index < -0.39 is 29.0 Å². The molecule has 0 bridgehead atoms. The van der Waals surface area contributed by atoms with Crippen LogP contribution >= 0.6 is 0 Å². The zero-order valence-corrected chi connectivity index (χ0v) is 16.4. The Kier molecular flexibility index (Phi) is 5.48. The Morgan fingerprint density at radius 2 is 1.75 bits per heavy atom. The molecule has 0 atom stereocenters. The van der Waals surface area contributed by atoms with Gasteiger partial charge in [-0.1, -0.05) is 18.2 Å². The first-order valence-electron chi connectivity index (χ1n) is 9.44. The van der Waals surface area contributed by atoms with Crippen molar-refractivity contribution in [2.45, 2.75) is 12.7 Å². The molecular weight excluding hydrogens is 426 g/mol. The van der Waals surface area contributed by atoms with Gasteiger partial charge in [-0.3, -0.25) is 14.2 Å². The van der Waals surface area contributed by atoms with E-state index in [1.54, 1.807) is 12.1 Å². The Hall–Kier alpha value is -4.01. The highest BCUT2D eigenvalue weighted by Crippen LogP contribution is 2.30. The van der Waals surface area contributed by atoms with E-state index in [2.05, 4.69) is 10.3 Å². The van der Waals surface area contributed by atoms with Crippen LogP contribution in [0.1, 0.15) is 21.5 Å². The summed E-state index contributed by atoms with van der Waals surface area (Å²) >= 11 is 0. The molecule has 1 N–H and O–H groups in total. The molecule has 0 unspecified atom stereocenters. The average Bonchev–Trinajstić information content (AvgIpc) is 2.76.